The van der Waals surface area contributed by atoms with Gasteiger partial charge in [0, 0.05) is 11.6 Å². The van der Waals surface area contributed by atoms with E-state index in [0.29, 0.717) is 12.2 Å². The van der Waals surface area contributed by atoms with E-state index in [1.54, 1.807) is 6.20 Å². The number of hydrogen-bond acceptors (Lipinski definition) is 3. The Kier molecular flexibility index (Phi) is 1.71. The number of nitrogens with zero attached hydrogens (tertiary/aromatic N) is 1. The van der Waals surface area contributed by atoms with E-state index in [0.717, 1.165) is 22.9 Å². The standard InChI is InChI=1S/C12H9NO2/c14-11-6-4-8-3-5-10-9(12(8)15-11)2-1-7-13-10/h1-3,5,7H,4,6H2. The molecule has 3 heteroatoms. The van der Waals surface area contributed by atoms with Gasteiger partial charge in [-0.1, -0.05) is 6.07 Å². The van der Waals surface area contributed by atoms with Crippen molar-refractivity contribution >= 4 is 16.9 Å². The SMILES string of the molecule is O=C1CCc2ccc3ncccc3c2O1. The normalized spacial score (nSPS) is 14.8. The average Bonchev–Trinajstić information content (AvgIpc) is 2.29. The molecule has 1 aliphatic heterocycles. The van der Waals surface area contributed by atoms with Crippen LogP contribution in [0.1, 0.15) is 12.0 Å². The van der Waals surface area contributed by atoms with Crippen molar-refractivity contribution in [2.24, 2.45) is 0 Å². The van der Waals surface area contributed by atoms with Gasteiger partial charge in [-0.2, -0.15) is 0 Å². The van der Waals surface area contributed by atoms with Crippen molar-refractivity contribution in [2.75, 3.05) is 0 Å². The lowest BCUT2D eigenvalue weighted by Crippen LogP contribution is -2.15. The second-order valence-corrected chi connectivity index (χ2v) is 3.60. The van der Waals surface area contributed by atoms with Crippen molar-refractivity contribution in [3.63, 3.8) is 0 Å². The maximum Gasteiger partial charge on any atom is 0.311 e. The van der Waals surface area contributed by atoms with Gasteiger partial charge >= 0.3 is 5.97 Å². The van der Waals surface area contributed by atoms with Crippen molar-refractivity contribution in [2.45, 2.75) is 12.8 Å². The second-order valence-electron chi connectivity index (χ2n) is 3.60. The molecule has 3 rings (SSSR count). The van der Waals surface area contributed by atoms with E-state index in [-0.39, 0.29) is 5.97 Å². The van der Waals surface area contributed by atoms with Crippen LogP contribution in [0.4, 0.5) is 0 Å². The minimum atomic E-state index is -0.154. The Morgan fingerprint density at radius 2 is 2.13 bits per heavy atom. The predicted octanol–water partition coefficient (Wildman–Crippen LogP) is 2.09. The molecule has 0 unspecified atom stereocenters. The van der Waals surface area contributed by atoms with Crippen LogP contribution in [0.3, 0.4) is 0 Å². The van der Waals surface area contributed by atoms with Crippen LogP contribution >= 0.6 is 0 Å². The van der Waals surface area contributed by atoms with Crippen LogP contribution in [0.5, 0.6) is 5.75 Å². The van der Waals surface area contributed by atoms with E-state index in [9.17, 15) is 4.79 Å². The molecule has 0 N–H and O–H groups in total. The smallest absolute Gasteiger partial charge is 0.311 e. The number of pyridine rings is 1. The van der Waals surface area contributed by atoms with Gasteiger partial charge in [0.2, 0.25) is 0 Å². The molecule has 0 spiro atoms. The van der Waals surface area contributed by atoms with E-state index in [4.69, 9.17) is 4.74 Å². The molecule has 1 aromatic carbocycles. The van der Waals surface area contributed by atoms with Gasteiger partial charge in [0.15, 0.2) is 0 Å². The van der Waals surface area contributed by atoms with Crippen LogP contribution in [0.2, 0.25) is 0 Å². The summed E-state index contributed by atoms with van der Waals surface area (Å²) < 4.78 is 5.27. The molecule has 15 heavy (non-hydrogen) atoms. The molecule has 3 nitrogen and oxygen atoms in total. The fourth-order valence-corrected chi connectivity index (χ4v) is 1.89. The highest BCUT2D eigenvalue weighted by atomic mass is 16.5. The maximum absolute atomic E-state index is 11.2. The summed E-state index contributed by atoms with van der Waals surface area (Å²) in [5.41, 5.74) is 1.96. The maximum atomic E-state index is 11.2. The zero-order valence-corrected chi connectivity index (χ0v) is 8.06. The predicted molar refractivity (Wildman–Crippen MR) is 55.7 cm³/mol. The minimum Gasteiger partial charge on any atom is -0.425 e. The number of fused-ring (bicyclic) bond motifs is 3. The van der Waals surface area contributed by atoms with Gasteiger partial charge in [-0.3, -0.25) is 9.78 Å². The summed E-state index contributed by atoms with van der Waals surface area (Å²) in [5.74, 6) is 0.538. The number of esters is 1. The van der Waals surface area contributed by atoms with Crippen molar-refractivity contribution in [3.05, 3.63) is 36.0 Å². The van der Waals surface area contributed by atoms with Gasteiger partial charge in [0.1, 0.15) is 5.75 Å². The largest absolute Gasteiger partial charge is 0.425 e. The molecule has 0 radical (unpaired) electrons. The Hall–Kier alpha value is -1.90. The Labute approximate surface area is 86.7 Å². The van der Waals surface area contributed by atoms with Gasteiger partial charge in [-0.25, -0.2) is 0 Å². The van der Waals surface area contributed by atoms with Crippen LogP contribution in [0, 0.1) is 0 Å². The number of aryl methyl sites for hydroxylation is 1. The van der Waals surface area contributed by atoms with E-state index in [2.05, 4.69) is 4.98 Å². The number of benzene rings is 1. The fraction of sp³-hybridized carbons (Fsp3) is 0.167. The van der Waals surface area contributed by atoms with Crippen LogP contribution in [-0.2, 0) is 11.2 Å². The topological polar surface area (TPSA) is 39.2 Å². The highest BCUT2D eigenvalue weighted by Gasteiger charge is 2.19. The summed E-state index contributed by atoms with van der Waals surface area (Å²) in [7, 11) is 0. The molecule has 2 heterocycles. The van der Waals surface area contributed by atoms with Crippen molar-refractivity contribution in [3.8, 4) is 5.75 Å². The number of rotatable bonds is 0. The quantitative estimate of drug-likeness (QED) is 0.481. The Bertz CT molecular complexity index is 548. The lowest BCUT2D eigenvalue weighted by molar-refractivity contribution is -0.135. The molecule has 1 aliphatic rings. The average molecular weight is 199 g/mol. The summed E-state index contributed by atoms with van der Waals surface area (Å²) in [6, 6.07) is 7.73. The van der Waals surface area contributed by atoms with Crippen LogP contribution in [-0.4, -0.2) is 11.0 Å². The number of aromatic nitrogens is 1. The molecule has 0 amide bonds. The van der Waals surface area contributed by atoms with Crippen molar-refractivity contribution < 1.29 is 9.53 Å². The van der Waals surface area contributed by atoms with E-state index >= 15 is 0 Å². The third-order valence-electron chi connectivity index (χ3n) is 2.63. The first-order valence-corrected chi connectivity index (χ1v) is 4.92. The Morgan fingerprint density at radius 3 is 3.07 bits per heavy atom. The molecular weight excluding hydrogens is 190 g/mol. The molecule has 0 aliphatic carbocycles. The summed E-state index contributed by atoms with van der Waals surface area (Å²) >= 11 is 0. The Morgan fingerprint density at radius 1 is 1.20 bits per heavy atom. The molecule has 0 fully saturated rings. The van der Waals surface area contributed by atoms with Crippen LogP contribution in [0.25, 0.3) is 10.9 Å². The number of hydrogen-bond donors (Lipinski definition) is 0. The van der Waals surface area contributed by atoms with E-state index < -0.39 is 0 Å². The number of carbonyl (C=O) groups is 1. The minimum absolute atomic E-state index is 0.154. The molecule has 2 aromatic rings. The van der Waals surface area contributed by atoms with Crippen molar-refractivity contribution in [1.82, 2.24) is 4.98 Å². The van der Waals surface area contributed by atoms with Crippen molar-refractivity contribution in [1.29, 1.82) is 0 Å². The van der Waals surface area contributed by atoms with E-state index in [1.807, 2.05) is 24.3 Å². The summed E-state index contributed by atoms with van der Waals surface area (Å²) in [5, 5.41) is 0.919. The van der Waals surface area contributed by atoms with Gasteiger partial charge in [0.05, 0.1) is 11.9 Å². The zero-order valence-electron chi connectivity index (χ0n) is 8.06. The highest BCUT2D eigenvalue weighted by molar-refractivity contribution is 5.90. The third kappa shape index (κ3) is 1.28. The van der Waals surface area contributed by atoms with Gasteiger partial charge in [-0.05, 0) is 30.2 Å². The second kappa shape index (κ2) is 3.05. The number of carbonyl (C=O) groups excluding carboxylic acids is 1. The first-order chi connectivity index (χ1) is 7.34. The summed E-state index contributed by atoms with van der Waals surface area (Å²) in [6.07, 6.45) is 2.97. The molecular formula is C12H9NO2. The monoisotopic (exact) mass is 199 g/mol. The molecule has 0 bridgehead atoms. The number of ether oxygens (including phenoxy) is 1. The first kappa shape index (κ1) is 8.41. The molecule has 74 valence electrons. The van der Waals surface area contributed by atoms with E-state index in [1.165, 1.54) is 0 Å². The summed E-state index contributed by atoms with van der Waals surface area (Å²) in [6.45, 7) is 0. The zero-order chi connectivity index (χ0) is 10.3. The van der Waals surface area contributed by atoms with Gasteiger partial charge in [-0.15, -0.1) is 0 Å². The fourth-order valence-electron chi connectivity index (χ4n) is 1.89. The molecule has 0 saturated carbocycles. The molecule has 0 atom stereocenters. The lowest BCUT2D eigenvalue weighted by Gasteiger charge is -2.16. The summed E-state index contributed by atoms with van der Waals surface area (Å²) in [4.78, 5) is 15.4. The molecule has 0 saturated heterocycles. The third-order valence-corrected chi connectivity index (χ3v) is 2.63. The Balaban J connectivity index is 2.32. The first-order valence-electron chi connectivity index (χ1n) is 4.92. The molecule has 1 aromatic heterocycles. The van der Waals surface area contributed by atoms with Gasteiger partial charge in [0.25, 0.3) is 0 Å². The van der Waals surface area contributed by atoms with Crippen LogP contribution in [0.15, 0.2) is 30.5 Å². The lowest BCUT2D eigenvalue weighted by atomic mass is 10.0. The van der Waals surface area contributed by atoms with Gasteiger partial charge < -0.3 is 4.74 Å². The highest BCUT2D eigenvalue weighted by Crippen LogP contribution is 2.32. The van der Waals surface area contributed by atoms with Crippen LogP contribution < -0.4 is 4.74 Å².